The lowest BCUT2D eigenvalue weighted by Crippen LogP contribution is -2.28. The Balaban J connectivity index is 1.38. The van der Waals surface area contributed by atoms with Crippen LogP contribution in [-0.2, 0) is 17.8 Å². The van der Waals surface area contributed by atoms with Crippen LogP contribution < -0.4 is 14.8 Å². The first-order chi connectivity index (χ1) is 15.6. The average Bonchev–Trinajstić information content (AvgIpc) is 3.30. The van der Waals surface area contributed by atoms with Crippen molar-refractivity contribution in [1.82, 2.24) is 20.4 Å². The predicted octanol–water partition coefficient (Wildman–Crippen LogP) is 3.32. The first kappa shape index (κ1) is 23.3. The van der Waals surface area contributed by atoms with Crippen LogP contribution in [0.2, 0.25) is 0 Å². The summed E-state index contributed by atoms with van der Waals surface area (Å²) < 4.78 is 15.8. The number of hydrogen-bond acceptors (Lipinski definition) is 7. The molecule has 2 aromatic carbocycles. The van der Waals surface area contributed by atoms with Gasteiger partial charge in [0.2, 0.25) is 17.6 Å². The third-order valence-corrected chi connectivity index (χ3v) is 5.01. The van der Waals surface area contributed by atoms with Crippen molar-refractivity contribution in [1.29, 1.82) is 0 Å². The van der Waals surface area contributed by atoms with Gasteiger partial charge < -0.3 is 24.2 Å². The van der Waals surface area contributed by atoms with Gasteiger partial charge in [-0.1, -0.05) is 35.5 Å². The van der Waals surface area contributed by atoms with Crippen LogP contribution >= 0.6 is 0 Å². The number of methoxy groups -OCH3 is 2. The molecule has 32 heavy (non-hydrogen) atoms. The van der Waals surface area contributed by atoms with Crippen molar-refractivity contribution in [3.05, 3.63) is 60.0 Å². The zero-order chi connectivity index (χ0) is 22.8. The highest BCUT2D eigenvalue weighted by atomic mass is 16.5. The first-order valence-corrected chi connectivity index (χ1v) is 10.6. The van der Waals surface area contributed by atoms with Gasteiger partial charge in [-0.25, -0.2) is 0 Å². The number of benzene rings is 2. The first-order valence-electron chi connectivity index (χ1n) is 10.6. The molecule has 3 aromatic rings. The quantitative estimate of drug-likeness (QED) is 0.434. The molecule has 8 nitrogen and oxygen atoms in total. The Morgan fingerprint density at radius 2 is 1.88 bits per heavy atom. The van der Waals surface area contributed by atoms with E-state index in [-0.39, 0.29) is 5.91 Å². The van der Waals surface area contributed by atoms with Crippen LogP contribution in [0, 0.1) is 0 Å². The highest BCUT2D eigenvalue weighted by Crippen LogP contribution is 2.31. The number of amides is 1. The highest BCUT2D eigenvalue weighted by Gasteiger charge is 2.13. The Kier molecular flexibility index (Phi) is 8.62. The van der Waals surface area contributed by atoms with Gasteiger partial charge in [-0.3, -0.25) is 4.79 Å². The van der Waals surface area contributed by atoms with Gasteiger partial charge in [0.1, 0.15) is 0 Å². The molecule has 0 radical (unpaired) electrons. The summed E-state index contributed by atoms with van der Waals surface area (Å²) in [6.45, 7) is 2.44. The topological polar surface area (TPSA) is 89.7 Å². The average molecular weight is 439 g/mol. The summed E-state index contributed by atoms with van der Waals surface area (Å²) in [4.78, 5) is 18.8. The Labute approximate surface area is 188 Å². The van der Waals surface area contributed by atoms with E-state index in [0.717, 1.165) is 25.1 Å². The van der Waals surface area contributed by atoms with E-state index < -0.39 is 0 Å². The van der Waals surface area contributed by atoms with E-state index in [4.69, 9.17) is 14.0 Å². The van der Waals surface area contributed by atoms with Crippen LogP contribution in [0.4, 0.5) is 0 Å². The second-order valence-corrected chi connectivity index (χ2v) is 7.51. The molecule has 0 unspecified atom stereocenters. The van der Waals surface area contributed by atoms with Gasteiger partial charge in [-0.2, -0.15) is 4.98 Å². The van der Waals surface area contributed by atoms with Crippen molar-refractivity contribution in [2.45, 2.75) is 25.8 Å². The number of nitrogens with one attached hydrogen (secondary N) is 1. The maximum Gasteiger partial charge on any atom is 0.227 e. The number of ether oxygens (including phenoxy) is 2. The monoisotopic (exact) mass is 438 g/mol. The molecule has 0 atom stereocenters. The van der Waals surface area contributed by atoms with E-state index in [0.29, 0.717) is 42.6 Å². The van der Waals surface area contributed by atoms with Crippen molar-refractivity contribution in [3.8, 4) is 22.9 Å². The van der Waals surface area contributed by atoms with Crippen LogP contribution in [0.3, 0.4) is 0 Å². The molecule has 3 rings (SSSR count). The molecule has 1 heterocycles. The second-order valence-electron chi connectivity index (χ2n) is 7.51. The minimum Gasteiger partial charge on any atom is -0.493 e. The molecule has 0 saturated heterocycles. The number of aryl methyl sites for hydroxylation is 1. The van der Waals surface area contributed by atoms with E-state index in [2.05, 4.69) is 39.5 Å². The molecule has 8 heteroatoms. The number of nitrogens with zero attached hydrogens (tertiary/aromatic N) is 3. The lowest BCUT2D eigenvalue weighted by Gasteiger charge is -2.16. The summed E-state index contributed by atoms with van der Waals surface area (Å²) in [6.07, 6.45) is 1.58. The molecular formula is C24H30N4O4. The molecular weight excluding hydrogens is 408 g/mol. The smallest absolute Gasteiger partial charge is 0.227 e. The molecule has 0 aliphatic heterocycles. The Morgan fingerprint density at radius 3 is 2.62 bits per heavy atom. The second kappa shape index (κ2) is 11.9. The number of rotatable bonds is 12. The third kappa shape index (κ3) is 6.81. The van der Waals surface area contributed by atoms with Crippen LogP contribution in [0.1, 0.15) is 24.3 Å². The number of aromatic nitrogens is 2. The van der Waals surface area contributed by atoms with Gasteiger partial charge in [0.15, 0.2) is 11.5 Å². The summed E-state index contributed by atoms with van der Waals surface area (Å²) in [7, 11) is 5.24. The van der Waals surface area contributed by atoms with Crippen LogP contribution in [-0.4, -0.2) is 55.3 Å². The maximum absolute atomic E-state index is 12.1. The molecule has 0 aliphatic carbocycles. The molecule has 0 aliphatic rings. The summed E-state index contributed by atoms with van der Waals surface area (Å²) in [6, 6.07) is 15.7. The summed E-state index contributed by atoms with van der Waals surface area (Å²) in [5.41, 5.74) is 2.03. The van der Waals surface area contributed by atoms with Gasteiger partial charge in [0, 0.05) is 31.5 Å². The highest BCUT2D eigenvalue weighted by molar-refractivity contribution is 5.76. The Morgan fingerprint density at radius 1 is 1.09 bits per heavy atom. The minimum atomic E-state index is -0.0263. The van der Waals surface area contributed by atoms with E-state index in [1.807, 2.05) is 24.3 Å². The number of carbonyl (C=O) groups is 1. The zero-order valence-electron chi connectivity index (χ0n) is 18.8. The molecule has 170 valence electrons. The summed E-state index contributed by atoms with van der Waals surface area (Å²) in [5, 5.41) is 6.96. The van der Waals surface area contributed by atoms with Gasteiger partial charge in [-0.15, -0.1) is 0 Å². The van der Waals surface area contributed by atoms with E-state index in [9.17, 15) is 4.79 Å². The van der Waals surface area contributed by atoms with Crippen LogP contribution in [0.15, 0.2) is 53.1 Å². The van der Waals surface area contributed by atoms with Crippen molar-refractivity contribution >= 4 is 5.91 Å². The zero-order valence-corrected chi connectivity index (χ0v) is 18.8. The van der Waals surface area contributed by atoms with Gasteiger partial charge in [0.25, 0.3) is 0 Å². The van der Waals surface area contributed by atoms with Gasteiger partial charge in [0.05, 0.1) is 14.2 Å². The largest absolute Gasteiger partial charge is 0.493 e. The van der Waals surface area contributed by atoms with Crippen LogP contribution in [0.5, 0.6) is 11.5 Å². The van der Waals surface area contributed by atoms with Crippen molar-refractivity contribution < 1.29 is 18.8 Å². The standard InChI is InChI=1S/C24H30N4O4/c1-28(17-18-8-5-4-6-9-18)15-7-14-25-22(29)12-13-23-26-24(27-32-23)19-10-11-20(30-2)21(16-19)31-3/h4-6,8-11,16H,7,12-15,17H2,1-3H3,(H,25,29). The third-order valence-electron chi connectivity index (χ3n) is 5.01. The number of hydrogen-bond donors (Lipinski definition) is 1. The molecule has 1 N–H and O–H groups in total. The predicted molar refractivity (Wildman–Crippen MR) is 122 cm³/mol. The SMILES string of the molecule is COc1ccc(-c2noc(CCC(=O)NCCCN(C)Cc3ccccc3)n2)cc1OC. The Bertz CT molecular complexity index is 991. The van der Waals surface area contributed by atoms with E-state index >= 15 is 0 Å². The molecule has 0 bridgehead atoms. The number of carbonyl (C=O) groups excluding carboxylic acids is 1. The van der Waals surface area contributed by atoms with Gasteiger partial charge >= 0.3 is 0 Å². The fourth-order valence-corrected chi connectivity index (χ4v) is 3.31. The molecule has 0 fully saturated rings. The lowest BCUT2D eigenvalue weighted by molar-refractivity contribution is -0.121. The van der Waals surface area contributed by atoms with Crippen molar-refractivity contribution in [2.75, 3.05) is 34.4 Å². The van der Waals surface area contributed by atoms with Gasteiger partial charge in [-0.05, 0) is 43.8 Å². The molecule has 0 saturated carbocycles. The fraction of sp³-hybridized carbons (Fsp3) is 0.375. The molecule has 0 spiro atoms. The van der Waals surface area contributed by atoms with Crippen LogP contribution in [0.25, 0.3) is 11.4 Å². The summed E-state index contributed by atoms with van der Waals surface area (Å²) in [5.74, 6) is 2.06. The Hall–Kier alpha value is -3.39. The van der Waals surface area contributed by atoms with E-state index in [1.54, 1.807) is 26.4 Å². The minimum absolute atomic E-state index is 0.0263. The fourth-order valence-electron chi connectivity index (χ4n) is 3.31. The molecule has 1 amide bonds. The van der Waals surface area contributed by atoms with Crippen molar-refractivity contribution in [2.24, 2.45) is 0 Å². The summed E-state index contributed by atoms with van der Waals surface area (Å²) >= 11 is 0. The molecule has 1 aromatic heterocycles. The van der Waals surface area contributed by atoms with Crippen molar-refractivity contribution in [3.63, 3.8) is 0 Å². The van der Waals surface area contributed by atoms with E-state index in [1.165, 1.54) is 5.56 Å². The normalized spacial score (nSPS) is 10.9. The lowest BCUT2D eigenvalue weighted by atomic mass is 10.2. The maximum atomic E-state index is 12.1.